The number of para-hydroxylation sites is 1. The lowest BCUT2D eigenvalue weighted by Crippen LogP contribution is -2.21. The summed E-state index contributed by atoms with van der Waals surface area (Å²) in [6.07, 6.45) is 1.31. The van der Waals surface area contributed by atoms with Gasteiger partial charge in [-0.25, -0.2) is 0 Å². The average Bonchev–Trinajstić information content (AvgIpc) is 2.56. The van der Waals surface area contributed by atoms with Crippen molar-refractivity contribution in [2.24, 2.45) is 0 Å². The minimum Gasteiger partial charge on any atom is -0.375 e. The highest BCUT2D eigenvalue weighted by Gasteiger charge is 2.05. The van der Waals surface area contributed by atoms with Crippen LogP contribution in [0.15, 0.2) is 53.0 Å². The number of hydrogen-bond donors (Lipinski definition) is 3. The van der Waals surface area contributed by atoms with E-state index in [0.717, 1.165) is 22.3 Å². The number of amides is 2. The van der Waals surface area contributed by atoms with Gasteiger partial charge in [0.1, 0.15) is 0 Å². The minimum atomic E-state index is -0.145. The Hall–Kier alpha value is -2.34. The topological polar surface area (TPSA) is 70.2 Å². The number of rotatable bonds is 7. The summed E-state index contributed by atoms with van der Waals surface area (Å²) in [6.45, 7) is 2.12. The Morgan fingerprint density at radius 3 is 2.08 bits per heavy atom. The lowest BCUT2D eigenvalue weighted by atomic mass is 10.2. The van der Waals surface area contributed by atoms with E-state index < -0.39 is 0 Å². The van der Waals surface area contributed by atoms with Crippen LogP contribution in [0, 0.1) is 0 Å². The van der Waals surface area contributed by atoms with Crippen LogP contribution in [0.4, 0.5) is 17.1 Å². The fourth-order valence-electron chi connectivity index (χ4n) is 2.07. The maximum Gasteiger partial charge on any atom is 0.243 e. The smallest absolute Gasteiger partial charge is 0.243 e. The van der Waals surface area contributed by atoms with E-state index in [2.05, 4.69) is 31.9 Å². The normalized spacial score (nSPS) is 10.1. The Kier molecular flexibility index (Phi) is 6.81. The molecule has 0 radical (unpaired) electrons. The van der Waals surface area contributed by atoms with Crippen LogP contribution in [0.3, 0.4) is 0 Å². The van der Waals surface area contributed by atoms with Crippen molar-refractivity contribution in [2.75, 3.05) is 22.5 Å². The summed E-state index contributed by atoms with van der Waals surface area (Å²) >= 11 is 3.42. The van der Waals surface area contributed by atoms with Crippen LogP contribution in [-0.4, -0.2) is 18.4 Å². The molecule has 0 fully saturated rings. The van der Waals surface area contributed by atoms with Crippen molar-refractivity contribution in [2.45, 2.75) is 19.8 Å². The van der Waals surface area contributed by atoms with Crippen molar-refractivity contribution in [3.8, 4) is 0 Å². The van der Waals surface area contributed by atoms with Crippen LogP contribution < -0.4 is 16.0 Å². The molecule has 0 atom stereocenters. The van der Waals surface area contributed by atoms with E-state index in [1.165, 1.54) is 0 Å². The summed E-state index contributed by atoms with van der Waals surface area (Å²) in [5.41, 5.74) is 2.27. The highest BCUT2D eigenvalue weighted by molar-refractivity contribution is 9.10. The number of carbonyl (C=O) groups is 2. The van der Waals surface area contributed by atoms with Crippen molar-refractivity contribution < 1.29 is 9.59 Å². The molecule has 126 valence electrons. The SMILES string of the molecule is CCCC(=O)Nc1ccc(NC(=O)CNc2ccccc2Br)cc1. The lowest BCUT2D eigenvalue weighted by molar-refractivity contribution is -0.116. The Morgan fingerprint density at radius 1 is 0.917 bits per heavy atom. The molecule has 0 bridgehead atoms. The van der Waals surface area contributed by atoms with Gasteiger partial charge < -0.3 is 16.0 Å². The van der Waals surface area contributed by atoms with E-state index in [1.807, 2.05) is 31.2 Å². The second-order valence-electron chi connectivity index (χ2n) is 5.26. The number of hydrogen-bond acceptors (Lipinski definition) is 3. The third-order valence-electron chi connectivity index (χ3n) is 3.24. The molecule has 2 rings (SSSR count). The van der Waals surface area contributed by atoms with Crippen molar-refractivity contribution in [3.05, 3.63) is 53.0 Å². The zero-order valence-corrected chi connectivity index (χ0v) is 15.0. The molecule has 0 saturated heterocycles. The third-order valence-corrected chi connectivity index (χ3v) is 3.93. The van der Waals surface area contributed by atoms with Crippen molar-refractivity contribution in [1.29, 1.82) is 0 Å². The predicted molar refractivity (Wildman–Crippen MR) is 101 cm³/mol. The van der Waals surface area contributed by atoms with Gasteiger partial charge in [0, 0.05) is 28.0 Å². The first-order valence-electron chi connectivity index (χ1n) is 7.76. The third kappa shape index (κ3) is 5.70. The van der Waals surface area contributed by atoms with Crippen LogP contribution >= 0.6 is 15.9 Å². The maximum atomic E-state index is 12.0. The van der Waals surface area contributed by atoms with Crippen LogP contribution in [0.2, 0.25) is 0 Å². The van der Waals surface area contributed by atoms with E-state index >= 15 is 0 Å². The zero-order chi connectivity index (χ0) is 17.4. The first-order chi connectivity index (χ1) is 11.6. The molecule has 0 heterocycles. The largest absolute Gasteiger partial charge is 0.375 e. The molecule has 24 heavy (non-hydrogen) atoms. The molecule has 0 spiro atoms. The second-order valence-corrected chi connectivity index (χ2v) is 6.11. The Balaban J connectivity index is 1.83. The van der Waals surface area contributed by atoms with E-state index in [9.17, 15) is 9.59 Å². The zero-order valence-electron chi connectivity index (χ0n) is 13.4. The van der Waals surface area contributed by atoms with Gasteiger partial charge in [0.15, 0.2) is 0 Å². The van der Waals surface area contributed by atoms with Crippen LogP contribution in [0.25, 0.3) is 0 Å². The van der Waals surface area contributed by atoms with Gasteiger partial charge in [0.25, 0.3) is 0 Å². The summed E-state index contributed by atoms with van der Waals surface area (Å²) in [7, 11) is 0. The van der Waals surface area contributed by atoms with Gasteiger partial charge in [-0.15, -0.1) is 0 Å². The van der Waals surface area contributed by atoms with E-state index in [4.69, 9.17) is 0 Å². The molecule has 2 amide bonds. The Bertz CT molecular complexity index is 702. The van der Waals surface area contributed by atoms with Gasteiger partial charge in [0.2, 0.25) is 11.8 Å². The van der Waals surface area contributed by atoms with Gasteiger partial charge in [-0.3, -0.25) is 9.59 Å². The molecule has 6 heteroatoms. The number of anilines is 3. The number of carbonyl (C=O) groups excluding carboxylic acids is 2. The first kappa shape index (κ1) is 18.0. The molecule has 5 nitrogen and oxygen atoms in total. The van der Waals surface area contributed by atoms with Gasteiger partial charge in [-0.05, 0) is 58.7 Å². The fourth-order valence-corrected chi connectivity index (χ4v) is 2.50. The molecule has 0 saturated carbocycles. The molecule has 0 aromatic heterocycles. The molecule has 3 N–H and O–H groups in total. The van der Waals surface area contributed by atoms with Gasteiger partial charge in [-0.2, -0.15) is 0 Å². The van der Waals surface area contributed by atoms with Crippen LogP contribution in [0.1, 0.15) is 19.8 Å². The van der Waals surface area contributed by atoms with Gasteiger partial charge in [0.05, 0.1) is 6.54 Å². The maximum absolute atomic E-state index is 12.0. The van der Waals surface area contributed by atoms with Crippen molar-refractivity contribution in [1.82, 2.24) is 0 Å². The Morgan fingerprint density at radius 2 is 1.50 bits per heavy atom. The quantitative estimate of drug-likeness (QED) is 0.663. The molecule has 2 aromatic carbocycles. The second kappa shape index (κ2) is 9.08. The minimum absolute atomic E-state index is 0.00748. The van der Waals surface area contributed by atoms with Gasteiger partial charge >= 0.3 is 0 Å². The highest BCUT2D eigenvalue weighted by Crippen LogP contribution is 2.21. The van der Waals surface area contributed by atoms with E-state index in [-0.39, 0.29) is 18.4 Å². The summed E-state index contributed by atoms with van der Waals surface area (Å²) in [6, 6.07) is 14.7. The van der Waals surface area contributed by atoms with Crippen LogP contribution in [-0.2, 0) is 9.59 Å². The molecule has 0 aliphatic carbocycles. The Labute approximate surface area is 150 Å². The lowest BCUT2D eigenvalue weighted by Gasteiger charge is -2.10. The molecular weight excluding hydrogens is 370 g/mol. The summed E-state index contributed by atoms with van der Waals surface area (Å²) in [4.78, 5) is 23.5. The monoisotopic (exact) mass is 389 g/mol. The summed E-state index contributed by atoms with van der Waals surface area (Å²) in [5, 5.41) is 8.68. The molecule has 0 aliphatic rings. The molecular formula is C18H20BrN3O2. The molecule has 0 unspecified atom stereocenters. The summed E-state index contributed by atoms with van der Waals surface area (Å²) in [5.74, 6) is -0.152. The first-order valence-corrected chi connectivity index (χ1v) is 8.56. The number of halogens is 1. The van der Waals surface area contributed by atoms with E-state index in [0.29, 0.717) is 12.1 Å². The van der Waals surface area contributed by atoms with Gasteiger partial charge in [-0.1, -0.05) is 19.1 Å². The summed E-state index contributed by atoms with van der Waals surface area (Å²) < 4.78 is 0.907. The molecule has 0 aliphatic heterocycles. The predicted octanol–water partition coefficient (Wildman–Crippen LogP) is 4.24. The number of nitrogens with one attached hydrogen (secondary N) is 3. The average molecular weight is 390 g/mol. The van der Waals surface area contributed by atoms with E-state index in [1.54, 1.807) is 24.3 Å². The van der Waals surface area contributed by atoms with Crippen molar-refractivity contribution >= 4 is 44.8 Å². The number of benzene rings is 2. The van der Waals surface area contributed by atoms with Crippen LogP contribution in [0.5, 0.6) is 0 Å². The fraction of sp³-hybridized carbons (Fsp3) is 0.222. The highest BCUT2D eigenvalue weighted by atomic mass is 79.9. The van der Waals surface area contributed by atoms with Crippen molar-refractivity contribution in [3.63, 3.8) is 0 Å². The molecule has 2 aromatic rings. The standard InChI is InChI=1S/C18H20BrN3O2/c1-2-5-17(23)21-13-8-10-14(11-9-13)22-18(24)12-20-16-7-4-3-6-15(16)19/h3-4,6-11,20H,2,5,12H2,1H3,(H,21,23)(H,22,24).